The molecule has 0 heterocycles. The molecule has 8 nitrogen and oxygen atoms in total. The lowest BCUT2D eigenvalue weighted by Crippen LogP contribution is -2.28. The summed E-state index contributed by atoms with van der Waals surface area (Å²) in [6, 6.07) is 0. The van der Waals surface area contributed by atoms with Crippen molar-refractivity contribution >= 4 is 13.8 Å². The predicted molar refractivity (Wildman–Crippen MR) is 215 cm³/mol. The van der Waals surface area contributed by atoms with Gasteiger partial charge in [0.05, 0.1) is 19.8 Å². The molecular weight excluding hydrogens is 661 g/mol. The Morgan fingerprint density at radius 2 is 1.10 bits per heavy atom. The second-order valence-corrected chi connectivity index (χ2v) is 14.6. The van der Waals surface area contributed by atoms with E-state index in [9.17, 15) is 14.3 Å². The van der Waals surface area contributed by atoms with Crippen LogP contribution in [0.2, 0.25) is 0 Å². The Balaban J connectivity index is 4.12. The van der Waals surface area contributed by atoms with Crippen LogP contribution in [0.3, 0.4) is 0 Å². The van der Waals surface area contributed by atoms with Gasteiger partial charge in [-0.1, -0.05) is 152 Å². The van der Waals surface area contributed by atoms with Gasteiger partial charge in [-0.15, -0.1) is 0 Å². The van der Waals surface area contributed by atoms with Crippen LogP contribution >= 0.6 is 7.82 Å². The van der Waals surface area contributed by atoms with E-state index in [0.717, 1.165) is 38.5 Å². The Bertz CT molecular complexity index is 963. The molecule has 296 valence electrons. The van der Waals surface area contributed by atoms with E-state index in [-0.39, 0.29) is 32.8 Å². The fourth-order valence-corrected chi connectivity index (χ4v) is 6.00. The van der Waals surface area contributed by atoms with Gasteiger partial charge in [0, 0.05) is 19.6 Å². The van der Waals surface area contributed by atoms with E-state index >= 15 is 0 Å². The Labute approximate surface area is 313 Å². The Kier molecular flexibility index (Phi) is 38.0. The van der Waals surface area contributed by atoms with Crippen LogP contribution in [-0.4, -0.2) is 49.9 Å². The van der Waals surface area contributed by atoms with Crippen molar-refractivity contribution in [2.75, 3.05) is 33.0 Å². The van der Waals surface area contributed by atoms with Gasteiger partial charge in [0.25, 0.3) is 0 Å². The largest absolute Gasteiger partial charge is 0.472 e. The van der Waals surface area contributed by atoms with Crippen molar-refractivity contribution in [3.63, 3.8) is 0 Å². The molecule has 0 saturated carbocycles. The minimum absolute atomic E-state index is 0.0834. The smallest absolute Gasteiger partial charge is 0.457 e. The van der Waals surface area contributed by atoms with E-state index < -0.39 is 19.9 Å². The number of rotatable bonds is 38. The predicted octanol–water partition coefficient (Wildman–Crippen LogP) is 11.8. The van der Waals surface area contributed by atoms with Crippen molar-refractivity contribution in [2.24, 2.45) is 5.73 Å². The zero-order valence-electron chi connectivity index (χ0n) is 32.6. The summed E-state index contributed by atoms with van der Waals surface area (Å²) in [5.74, 6) is -0.412. The summed E-state index contributed by atoms with van der Waals surface area (Å²) in [5.41, 5.74) is 5.35. The lowest BCUT2D eigenvalue weighted by molar-refractivity contribution is -0.154. The van der Waals surface area contributed by atoms with Gasteiger partial charge in [0.1, 0.15) is 6.10 Å². The normalized spacial score (nSPS) is 14.2. The lowest BCUT2D eigenvalue weighted by Gasteiger charge is -2.20. The van der Waals surface area contributed by atoms with Gasteiger partial charge in [0.15, 0.2) is 0 Å². The van der Waals surface area contributed by atoms with Crippen molar-refractivity contribution in [2.45, 2.75) is 168 Å². The number of hydrogen-bond acceptors (Lipinski definition) is 7. The van der Waals surface area contributed by atoms with Crippen LogP contribution in [0.5, 0.6) is 0 Å². The first-order chi connectivity index (χ1) is 24.9. The highest BCUT2D eigenvalue weighted by atomic mass is 31.2. The van der Waals surface area contributed by atoms with E-state index in [2.05, 4.69) is 62.5 Å². The molecule has 0 aromatic heterocycles. The zero-order valence-corrected chi connectivity index (χ0v) is 33.5. The third-order valence-electron chi connectivity index (χ3n) is 8.18. The van der Waals surface area contributed by atoms with Crippen LogP contribution in [0.4, 0.5) is 0 Å². The summed E-state index contributed by atoms with van der Waals surface area (Å²) in [7, 11) is -4.29. The number of esters is 1. The van der Waals surface area contributed by atoms with E-state index in [1.165, 1.54) is 96.3 Å². The molecule has 0 saturated heterocycles. The summed E-state index contributed by atoms with van der Waals surface area (Å²) in [6.45, 7) is 4.68. The van der Waals surface area contributed by atoms with Crippen LogP contribution in [0.15, 0.2) is 60.8 Å². The highest BCUT2D eigenvalue weighted by molar-refractivity contribution is 7.47. The molecule has 0 bridgehead atoms. The molecule has 0 fully saturated rings. The van der Waals surface area contributed by atoms with E-state index in [0.29, 0.717) is 13.0 Å². The average Bonchev–Trinajstić information content (AvgIpc) is 3.12. The maximum atomic E-state index is 12.5. The molecule has 9 heteroatoms. The summed E-state index contributed by atoms with van der Waals surface area (Å²) in [5, 5.41) is 0. The number of phosphoric ester groups is 1. The van der Waals surface area contributed by atoms with Gasteiger partial charge in [-0.3, -0.25) is 13.8 Å². The number of phosphoric acid groups is 1. The second kappa shape index (κ2) is 39.4. The maximum absolute atomic E-state index is 12.5. The van der Waals surface area contributed by atoms with Gasteiger partial charge >= 0.3 is 13.8 Å². The van der Waals surface area contributed by atoms with Crippen LogP contribution in [-0.2, 0) is 27.9 Å². The number of carbonyl (C=O) groups is 1. The highest BCUT2D eigenvalue weighted by Crippen LogP contribution is 2.43. The fraction of sp³-hybridized carbons (Fsp3) is 0.738. The minimum Gasteiger partial charge on any atom is -0.457 e. The average molecular weight is 738 g/mol. The van der Waals surface area contributed by atoms with Gasteiger partial charge in [-0.25, -0.2) is 4.57 Å². The number of hydrogen-bond donors (Lipinski definition) is 2. The van der Waals surface area contributed by atoms with E-state index in [1.54, 1.807) is 0 Å². The summed E-state index contributed by atoms with van der Waals surface area (Å²) < 4.78 is 33.2. The minimum atomic E-state index is -4.29. The maximum Gasteiger partial charge on any atom is 0.472 e. The molecule has 0 amide bonds. The monoisotopic (exact) mass is 738 g/mol. The van der Waals surface area contributed by atoms with Crippen molar-refractivity contribution in [1.29, 1.82) is 0 Å². The molecule has 2 unspecified atom stereocenters. The summed E-state index contributed by atoms with van der Waals surface area (Å²) in [4.78, 5) is 22.4. The van der Waals surface area contributed by atoms with Crippen LogP contribution in [0.1, 0.15) is 162 Å². The Hall–Kier alpha value is -1.80. The topological polar surface area (TPSA) is 117 Å². The molecule has 0 radical (unpaired) electrons. The number of allylic oxidation sites excluding steroid dienone is 10. The van der Waals surface area contributed by atoms with E-state index in [1.807, 2.05) is 12.2 Å². The van der Waals surface area contributed by atoms with Crippen LogP contribution in [0, 0.1) is 0 Å². The summed E-state index contributed by atoms with van der Waals surface area (Å²) in [6.07, 6.45) is 46.9. The molecule has 0 rings (SSSR count). The first-order valence-electron chi connectivity index (χ1n) is 20.3. The van der Waals surface area contributed by atoms with Crippen LogP contribution in [0.25, 0.3) is 0 Å². The molecule has 0 aliphatic heterocycles. The van der Waals surface area contributed by atoms with E-state index in [4.69, 9.17) is 24.3 Å². The molecule has 2 atom stereocenters. The Morgan fingerprint density at radius 3 is 1.65 bits per heavy atom. The van der Waals surface area contributed by atoms with Crippen molar-refractivity contribution in [3.05, 3.63) is 60.8 Å². The second-order valence-electron chi connectivity index (χ2n) is 13.1. The van der Waals surface area contributed by atoms with Crippen molar-refractivity contribution in [3.8, 4) is 0 Å². The zero-order chi connectivity index (χ0) is 37.4. The first-order valence-corrected chi connectivity index (χ1v) is 21.8. The molecule has 0 aromatic carbocycles. The van der Waals surface area contributed by atoms with Gasteiger partial charge in [0.2, 0.25) is 0 Å². The number of ether oxygens (including phenoxy) is 2. The Morgan fingerprint density at radius 1 is 0.608 bits per heavy atom. The molecule has 0 aliphatic carbocycles. The molecule has 0 aromatic rings. The lowest BCUT2D eigenvalue weighted by atomic mass is 10.1. The number of unbranched alkanes of at least 4 members (excludes halogenated alkanes) is 15. The third kappa shape index (κ3) is 39.2. The van der Waals surface area contributed by atoms with Crippen molar-refractivity contribution in [1.82, 2.24) is 0 Å². The first kappa shape index (κ1) is 49.2. The fourth-order valence-electron chi connectivity index (χ4n) is 5.24. The van der Waals surface area contributed by atoms with Gasteiger partial charge in [-0.05, 0) is 64.2 Å². The number of carbonyl (C=O) groups excluding carboxylic acids is 1. The molecule has 3 N–H and O–H groups in total. The molecular formula is C42H76NO7P. The third-order valence-corrected chi connectivity index (χ3v) is 9.17. The number of nitrogens with two attached hydrogens (primary N) is 1. The summed E-state index contributed by atoms with van der Waals surface area (Å²) >= 11 is 0. The molecule has 0 spiro atoms. The van der Waals surface area contributed by atoms with Gasteiger partial charge in [-0.2, -0.15) is 0 Å². The molecule has 51 heavy (non-hydrogen) atoms. The highest BCUT2D eigenvalue weighted by Gasteiger charge is 2.25. The molecule has 0 aliphatic rings. The SMILES string of the molecule is CC/C=C\C/C=C\C/C=C\C/C=C\CCC(=O)OC(COCCCCCCCCCC/C=C\CCCCCCCCC)COP(=O)(O)OCCN. The quantitative estimate of drug-likeness (QED) is 0.0278. The van der Waals surface area contributed by atoms with Crippen molar-refractivity contribution < 1.29 is 32.8 Å². The van der Waals surface area contributed by atoms with Crippen LogP contribution < -0.4 is 5.73 Å². The standard InChI is InChI=1S/C42H76NO7P/c1-3-5-7-9-11-13-15-17-18-19-20-21-22-24-26-28-30-32-34-37-47-39-41(40-49-51(45,46)48-38-36-43)50-42(44)35-33-31-29-27-25-23-16-14-12-10-8-6-4-2/h6,8,12,14,18-19,23,25,29,31,41H,3-5,7,9-11,13,15-17,20-22,24,26-28,30,32-40,43H2,1-2H3,(H,45,46)/b8-6-,14-12-,19-18-,25-23-,31-29-. The van der Waals surface area contributed by atoms with Gasteiger partial charge < -0.3 is 20.1 Å².